The zero-order chi connectivity index (χ0) is 16.6. The monoisotopic (exact) mass is 316 g/mol. The molecule has 2 heterocycles. The summed E-state index contributed by atoms with van der Waals surface area (Å²) in [7, 11) is 0. The normalized spacial score (nSPS) is 22.1. The van der Waals surface area contributed by atoms with E-state index in [0.717, 1.165) is 30.8 Å². The molecule has 23 heavy (non-hydrogen) atoms. The van der Waals surface area contributed by atoms with Gasteiger partial charge in [0.2, 0.25) is 5.91 Å². The van der Waals surface area contributed by atoms with Crippen molar-refractivity contribution < 1.29 is 14.3 Å². The number of carbonyl (C=O) groups excluding carboxylic acids is 2. The lowest BCUT2D eigenvalue weighted by Gasteiger charge is -2.18. The molecular formula is C18H24N2O3. The van der Waals surface area contributed by atoms with Gasteiger partial charge in [-0.25, -0.2) is 0 Å². The van der Waals surface area contributed by atoms with Crippen LogP contribution in [0.5, 0.6) is 0 Å². The van der Waals surface area contributed by atoms with Crippen molar-refractivity contribution in [2.45, 2.75) is 32.6 Å². The molecule has 1 saturated heterocycles. The summed E-state index contributed by atoms with van der Waals surface area (Å²) in [6, 6.07) is 5.54. The summed E-state index contributed by atoms with van der Waals surface area (Å²) in [6.45, 7) is 8.72. The van der Waals surface area contributed by atoms with E-state index in [1.54, 1.807) is 6.07 Å². The van der Waals surface area contributed by atoms with Crippen LogP contribution < -0.4 is 5.32 Å². The Labute approximate surface area is 137 Å². The smallest absolute Gasteiger partial charge is 0.253 e. The molecule has 0 radical (unpaired) electrons. The Balaban J connectivity index is 1.73. The Morgan fingerprint density at radius 3 is 2.96 bits per heavy atom. The Bertz CT molecular complexity index is 639. The van der Waals surface area contributed by atoms with Crippen molar-refractivity contribution in [1.29, 1.82) is 0 Å². The molecule has 5 nitrogen and oxygen atoms in total. The van der Waals surface area contributed by atoms with Crippen molar-refractivity contribution in [2.75, 3.05) is 31.6 Å². The van der Waals surface area contributed by atoms with Crippen LogP contribution in [0.15, 0.2) is 18.2 Å². The number of ether oxygens (including phenoxy) is 1. The Morgan fingerprint density at radius 2 is 2.22 bits per heavy atom. The Morgan fingerprint density at radius 1 is 1.43 bits per heavy atom. The van der Waals surface area contributed by atoms with Crippen LogP contribution in [-0.2, 0) is 14.9 Å². The van der Waals surface area contributed by atoms with Gasteiger partial charge < -0.3 is 15.0 Å². The third kappa shape index (κ3) is 2.85. The van der Waals surface area contributed by atoms with Crippen LogP contribution in [0.3, 0.4) is 0 Å². The van der Waals surface area contributed by atoms with E-state index in [9.17, 15) is 9.59 Å². The summed E-state index contributed by atoms with van der Waals surface area (Å²) in [4.78, 5) is 26.6. The summed E-state index contributed by atoms with van der Waals surface area (Å²) < 4.78 is 5.46. The number of fused-ring (bicyclic) bond motifs is 1. The van der Waals surface area contributed by atoms with E-state index in [1.807, 2.05) is 37.8 Å². The fraction of sp³-hybridized carbons (Fsp3) is 0.556. The van der Waals surface area contributed by atoms with Crippen molar-refractivity contribution in [3.8, 4) is 0 Å². The molecular weight excluding hydrogens is 292 g/mol. The van der Waals surface area contributed by atoms with Gasteiger partial charge in [-0.2, -0.15) is 0 Å². The van der Waals surface area contributed by atoms with Gasteiger partial charge in [-0.15, -0.1) is 0 Å². The molecule has 1 atom stereocenters. The summed E-state index contributed by atoms with van der Waals surface area (Å²) in [5.74, 6) is 0.438. The van der Waals surface area contributed by atoms with E-state index in [0.29, 0.717) is 24.7 Å². The van der Waals surface area contributed by atoms with Gasteiger partial charge in [0.25, 0.3) is 5.91 Å². The number of nitrogens with one attached hydrogen (secondary N) is 1. The molecule has 0 aliphatic carbocycles. The van der Waals surface area contributed by atoms with Crippen LogP contribution in [0.4, 0.5) is 5.69 Å². The quantitative estimate of drug-likeness (QED) is 0.928. The predicted octanol–water partition coefficient (Wildman–Crippen LogP) is 2.41. The van der Waals surface area contributed by atoms with Crippen molar-refractivity contribution in [1.82, 2.24) is 4.90 Å². The molecule has 3 rings (SSSR count). The second-order valence-corrected chi connectivity index (χ2v) is 6.90. The highest BCUT2D eigenvalue weighted by Gasteiger charge is 2.38. The Hall–Kier alpha value is -1.88. The second kappa shape index (κ2) is 5.96. The molecule has 0 unspecified atom stereocenters. The minimum atomic E-state index is -0.535. The number of carbonyl (C=O) groups is 2. The fourth-order valence-corrected chi connectivity index (χ4v) is 3.35. The number of nitrogens with zero attached hydrogens (tertiary/aromatic N) is 1. The van der Waals surface area contributed by atoms with Gasteiger partial charge in [0, 0.05) is 36.9 Å². The van der Waals surface area contributed by atoms with Crippen molar-refractivity contribution >= 4 is 17.5 Å². The van der Waals surface area contributed by atoms with Gasteiger partial charge in [-0.1, -0.05) is 6.07 Å². The van der Waals surface area contributed by atoms with E-state index in [-0.39, 0.29) is 11.8 Å². The molecule has 1 fully saturated rings. The highest BCUT2D eigenvalue weighted by molar-refractivity contribution is 6.07. The number of likely N-dealkylation sites (tertiary alicyclic amines) is 1. The standard InChI is InChI=1S/C18H24N2O3/c1-4-23-11-12-7-8-20(10-12)16(21)13-5-6-14-15(9-13)19-17(22)18(14,2)3/h5-6,9,12H,4,7-8,10-11H2,1-3H3,(H,19,22)/t12-/m0/s1. The largest absolute Gasteiger partial charge is 0.381 e. The van der Waals surface area contributed by atoms with E-state index in [2.05, 4.69) is 5.32 Å². The highest BCUT2D eigenvalue weighted by Crippen LogP contribution is 2.37. The van der Waals surface area contributed by atoms with Crippen LogP contribution >= 0.6 is 0 Å². The zero-order valence-corrected chi connectivity index (χ0v) is 14.0. The average molecular weight is 316 g/mol. The lowest BCUT2D eigenvalue weighted by molar-refractivity contribution is -0.119. The minimum absolute atomic E-state index is 0.0185. The number of hydrogen-bond acceptors (Lipinski definition) is 3. The number of amides is 2. The topological polar surface area (TPSA) is 58.6 Å². The van der Waals surface area contributed by atoms with Gasteiger partial charge >= 0.3 is 0 Å². The third-order valence-electron chi connectivity index (χ3n) is 4.89. The molecule has 0 saturated carbocycles. The third-order valence-corrected chi connectivity index (χ3v) is 4.89. The first-order chi connectivity index (χ1) is 10.9. The molecule has 124 valence electrons. The van der Waals surface area contributed by atoms with Crippen LogP contribution in [-0.4, -0.2) is 43.0 Å². The van der Waals surface area contributed by atoms with Crippen molar-refractivity contribution in [3.63, 3.8) is 0 Å². The molecule has 1 aromatic rings. The number of benzene rings is 1. The molecule has 0 bridgehead atoms. The molecule has 1 N–H and O–H groups in total. The van der Waals surface area contributed by atoms with Crippen LogP contribution in [0, 0.1) is 5.92 Å². The van der Waals surface area contributed by atoms with Gasteiger partial charge in [-0.3, -0.25) is 9.59 Å². The first kappa shape index (κ1) is 16.0. The van der Waals surface area contributed by atoms with Crippen LogP contribution in [0.25, 0.3) is 0 Å². The lowest BCUT2D eigenvalue weighted by atomic mass is 9.86. The van der Waals surface area contributed by atoms with Crippen molar-refractivity contribution in [2.24, 2.45) is 5.92 Å². The Kier molecular flexibility index (Phi) is 4.15. The van der Waals surface area contributed by atoms with E-state index >= 15 is 0 Å². The first-order valence-electron chi connectivity index (χ1n) is 8.26. The summed E-state index contributed by atoms with van der Waals surface area (Å²) in [5, 5.41) is 2.88. The zero-order valence-electron chi connectivity index (χ0n) is 14.0. The fourth-order valence-electron chi connectivity index (χ4n) is 3.35. The summed E-state index contributed by atoms with van der Waals surface area (Å²) in [6.07, 6.45) is 0.987. The maximum atomic E-state index is 12.7. The van der Waals surface area contributed by atoms with E-state index in [1.165, 1.54) is 0 Å². The minimum Gasteiger partial charge on any atom is -0.381 e. The second-order valence-electron chi connectivity index (χ2n) is 6.90. The van der Waals surface area contributed by atoms with Gasteiger partial charge in [0.05, 0.1) is 12.0 Å². The van der Waals surface area contributed by atoms with E-state index in [4.69, 9.17) is 4.74 Å². The highest BCUT2D eigenvalue weighted by atomic mass is 16.5. The van der Waals surface area contributed by atoms with Crippen LogP contribution in [0.2, 0.25) is 0 Å². The molecule has 1 aromatic carbocycles. The predicted molar refractivity (Wildman–Crippen MR) is 88.6 cm³/mol. The van der Waals surface area contributed by atoms with Gasteiger partial charge in [0.1, 0.15) is 0 Å². The molecule has 2 aliphatic rings. The van der Waals surface area contributed by atoms with E-state index < -0.39 is 5.41 Å². The maximum Gasteiger partial charge on any atom is 0.253 e. The van der Waals surface area contributed by atoms with Crippen molar-refractivity contribution in [3.05, 3.63) is 29.3 Å². The SMILES string of the molecule is CCOC[C@H]1CCN(C(=O)c2ccc3c(c2)NC(=O)C3(C)C)C1. The molecule has 5 heteroatoms. The number of rotatable bonds is 4. The molecule has 2 amide bonds. The number of hydrogen-bond donors (Lipinski definition) is 1. The molecule has 0 aromatic heterocycles. The lowest BCUT2D eigenvalue weighted by Crippen LogP contribution is -2.29. The van der Waals surface area contributed by atoms with Gasteiger partial charge in [-0.05, 0) is 44.9 Å². The summed E-state index contributed by atoms with van der Waals surface area (Å²) in [5.41, 5.74) is 1.82. The molecule has 2 aliphatic heterocycles. The van der Waals surface area contributed by atoms with Gasteiger partial charge in [0.15, 0.2) is 0 Å². The average Bonchev–Trinajstić information content (AvgIpc) is 3.08. The maximum absolute atomic E-state index is 12.7. The number of anilines is 1. The summed E-state index contributed by atoms with van der Waals surface area (Å²) >= 11 is 0. The molecule has 0 spiro atoms. The van der Waals surface area contributed by atoms with Crippen LogP contribution in [0.1, 0.15) is 43.1 Å². The first-order valence-corrected chi connectivity index (χ1v) is 8.26.